The first-order valence-corrected chi connectivity index (χ1v) is 8.93. The highest BCUT2D eigenvalue weighted by molar-refractivity contribution is 5.84. The Bertz CT molecular complexity index is 967. The number of anilines is 1. The monoisotopic (exact) mass is 345 g/mol. The van der Waals surface area contributed by atoms with Crippen molar-refractivity contribution in [3.8, 4) is 5.75 Å². The fourth-order valence-electron chi connectivity index (χ4n) is 3.42. The molecule has 26 heavy (non-hydrogen) atoms. The van der Waals surface area contributed by atoms with Crippen molar-refractivity contribution >= 4 is 22.8 Å². The minimum atomic E-state index is 0.887. The van der Waals surface area contributed by atoms with Gasteiger partial charge in [0.1, 0.15) is 11.4 Å². The first-order valence-electron chi connectivity index (χ1n) is 8.93. The minimum absolute atomic E-state index is 0.887. The van der Waals surface area contributed by atoms with Gasteiger partial charge in [-0.1, -0.05) is 30.4 Å². The quantitative estimate of drug-likeness (QED) is 0.743. The van der Waals surface area contributed by atoms with E-state index in [1.807, 2.05) is 24.5 Å². The van der Waals surface area contributed by atoms with Gasteiger partial charge in [0.2, 0.25) is 0 Å². The van der Waals surface area contributed by atoms with E-state index >= 15 is 0 Å². The molecule has 0 saturated heterocycles. The molecule has 0 fully saturated rings. The number of rotatable bonds is 4. The van der Waals surface area contributed by atoms with Crippen molar-refractivity contribution < 1.29 is 4.74 Å². The Morgan fingerprint density at radius 1 is 1.15 bits per heavy atom. The van der Waals surface area contributed by atoms with Gasteiger partial charge < -0.3 is 14.6 Å². The lowest BCUT2D eigenvalue weighted by Crippen LogP contribution is -2.29. The molecule has 1 aromatic carbocycles. The van der Waals surface area contributed by atoms with Crippen LogP contribution in [0.15, 0.2) is 60.5 Å². The third-order valence-corrected chi connectivity index (χ3v) is 5.02. The predicted octanol–water partition coefficient (Wildman–Crippen LogP) is 4.73. The molecule has 0 amide bonds. The molecule has 4 heteroatoms. The van der Waals surface area contributed by atoms with Crippen LogP contribution in [0.2, 0.25) is 0 Å². The number of H-pyrrole nitrogens is 1. The maximum Gasteiger partial charge on any atom is 0.137 e. The molecule has 0 spiro atoms. The number of fused-ring (bicyclic) bond motifs is 1. The Balaban J connectivity index is 1.47. The average Bonchev–Trinajstić information content (AvgIpc) is 3.17. The number of hydrogen-bond donors (Lipinski definition) is 1. The number of benzene rings is 1. The van der Waals surface area contributed by atoms with E-state index in [1.165, 1.54) is 27.8 Å². The maximum atomic E-state index is 5.20. The van der Waals surface area contributed by atoms with Crippen molar-refractivity contribution in [2.45, 2.75) is 13.3 Å². The molecule has 1 aliphatic rings. The minimum Gasteiger partial charge on any atom is -0.497 e. The second kappa shape index (κ2) is 7.08. The summed E-state index contributed by atoms with van der Waals surface area (Å²) in [5, 5.41) is 1.21. The number of hydrogen-bond acceptors (Lipinski definition) is 3. The summed E-state index contributed by atoms with van der Waals surface area (Å²) in [5.74, 6) is 0.887. The van der Waals surface area contributed by atoms with Crippen LogP contribution < -0.4 is 9.64 Å². The van der Waals surface area contributed by atoms with Crippen LogP contribution in [0, 0.1) is 6.92 Å². The van der Waals surface area contributed by atoms with E-state index < -0.39 is 0 Å². The Kier molecular flexibility index (Phi) is 4.48. The predicted molar refractivity (Wildman–Crippen MR) is 108 cm³/mol. The van der Waals surface area contributed by atoms with Gasteiger partial charge >= 0.3 is 0 Å². The van der Waals surface area contributed by atoms with Crippen molar-refractivity contribution in [1.82, 2.24) is 9.97 Å². The lowest BCUT2D eigenvalue weighted by atomic mass is 10.0. The normalized spacial score (nSPS) is 14.8. The Morgan fingerprint density at radius 3 is 2.73 bits per heavy atom. The number of aromatic amines is 1. The average molecular weight is 345 g/mol. The van der Waals surface area contributed by atoms with Crippen LogP contribution in [0.4, 0.5) is 5.69 Å². The van der Waals surface area contributed by atoms with Crippen LogP contribution in [0.3, 0.4) is 0 Å². The summed E-state index contributed by atoms with van der Waals surface area (Å²) >= 11 is 0. The summed E-state index contributed by atoms with van der Waals surface area (Å²) in [6.45, 7) is 4.11. The highest BCUT2D eigenvalue weighted by atomic mass is 16.5. The molecule has 0 aliphatic carbocycles. The van der Waals surface area contributed by atoms with Crippen molar-refractivity contribution in [1.29, 1.82) is 0 Å². The van der Waals surface area contributed by atoms with Crippen molar-refractivity contribution in [2.24, 2.45) is 0 Å². The van der Waals surface area contributed by atoms with E-state index in [9.17, 15) is 0 Å². The van der Waals surface area contributed by atoms with Gasteiger partial charge in [0.15, 0.2) is 0 Å². The number of pyridine rings is 1. The number of aromatic nitrogens is 2. The molecule has 4 rings (SSSR count). The number of methoxy groups -OCH3 is 1. The zero-order chi connectivity index (χ0) is 17.9. The molecular formula is C22H23N3O. The Morgan fingerprint density at radius 2 is 2.00 bits per heavy atom. The number of allylic oxidation sites excluding steroid dienone is 1. The van der Waals surface area contributed by atoms with Crippen LogP contribution in [-0.2, 0) is 0 Å². The molecule has 1 N–H and O–H groups in total. The van der Waals surface area contributed by atoms with Gasteiger partial charge in [-0.2, -0.15) is 0 Å². The van der Waals surface area contributed by atoms with Gasteiger partial charge in [-0.25, -0.2) is 4.98 Å². The Hall–Kier alpha value is -3.01. The standard InChI is InChI=1S/C22H23N3O/c1-16-20-9-12-23-22(20)24-15-21(16)25-13-10-18(11-14-25)4-3-17-5-7-19(26-2)8-6-17/h3-10,12,15H,11,13-14H2,1-2H3,(H,23,24). The molecule has 3 aromatic rings. The number of nitrogens with one attached hydrogen (secondary N) is 1. The number of aryl methyl sites for hydroxylation is 1. The van der Waals surface area contributed by atoms with Gasteiger partial charge in [0, 0.05) is 24.7 Å². The Labute approximate surface area is 153 Å². The van der Waals surface area contributed by atoms with Crippen LogP contribution >= 0.6 is 0 Å². The highest BCUT2D eigenvalue weighted by Gasteiger charge is 2.15. The van der Waals surface area contributed by atoms with E-state index in [-0.39, 0.29) is 0 Å². The van der Waals surface area contributed by atoms with E-state index in [0.29, 0.717) is 0 Å². The second-order valence-electron chi connectivity index (χ2n) is 6.59. The fraction of sp³-hybridized carbons (Fsp3) is 0.227. The first-order chi connectivity index (χ1) is 12.7. The van der Waals surface area contributed by atoms with Gasteiger partial charge in [-0.3, -0.25) is 0 Å². The molecule has 0 radical (unpaired) electrons. The smallest absolute Gasteiger partial charge is 0.137 e. The zero-order valence-corrected chi connectivity index (χ0v) is 15.2. The molecule has 3 heterocycles. The molecule has 0 atom stereocenters. The third kappa shape index (κ3) is 3.23. The van der Waals surface area contributed by atoms with Crippen molar-refractivity contribution in [2.75, 3.05) is 25.1 Å². The van der Waals surface area contributed by atoms with Crippen LogP contribution in [0.1, 0.15) is 17.5 Å². The molecular weight excluding hydrogens is 322 g/mol. The SMILES string of the molecule is COc1ccc(C=CC2=CCN(c3cnc4[nH]ccc4c3C)CC2)cc1. The fourth-order valence-corrected chi connectivity index (χ4v) is 3.42. The highest BCUT2D eigenvalue weighted by Crippen LogP contribution is 2.28. The van der Waals surface area contributed by atoms with Crippen molar-refractivity contribution in [3.05, 3.63) is 71.6 Å². The molecule has 0 bridgehead atoms. The van der Waals surface area contributed by atoms with Gasteiger partial charge in [0.05, 0.1) is 19.0 Å². The summed E-state index contributed by atoms with van der Waals surface area (Å²) in [4.78, 5) is 10.1. The first kappa shape index (κ1) is 16.5. The van der Waals surface area contributed by atoms with Crippen LogP contribution in [0.5, 0.6) is 5.75 Å². The van der Waals surface area contributed by atoms with E-state index in [1.54, 1.807) is 7.11 Å². The molecule has 2 aromatic heterocycles. The summed E-state index contributed by atoms with van der Waals surface area (Å²) < 4.78 is 5.20. The molecule has 0 saturated carbocycles. The maximum absolute atomic E-state index is 5.20. The van der Waals surface area contributed by atoms with Gasteiger partial charge in [0.25, 0.3) is 0 Å². The summed E-state index contributed by atoms with van der Waals surface area (Å²) in [6, 6.07) is 10.2. The summed E-state index contributed by atoms with van der Waals surface area (Å²) in [7, 11) is 1.69. The molecule has 1 aliphatic heterocycles. The lowest BCUT2D eigenvalue weighted by Gasteiger charge is -2.29. The molecule has 0 unspecified atom stereocenters. The van der Waals surface area contributed by atoms with Crippen LogP contribution in [-0.4, -0.2) is 30.2 Å². The van der Waals surface area contributed by atoms with E-state index in [2.05, 4.69) is 58.2 Å². The van der Waals surface area contributed by atoms with Gasteiger partial charge in [-0.15, -0.1) is 0 Å². The van der Waals surface area contributed by atoms with Gasteiger partial charge in [-0.05, 0) is 48.2 Å². The topological polar surface area (TPSA) is 41.1 Å². The van der Waals surface area contributed by atoms with Crippen LogP contribution in [0.25, 0.3) is 17.1 Å². The summed E-state index contributed by atoms with van der Waals surface area (Å²) in [5.41, 5.74) is 6.05. The second-order valence-corrected chi connectivity index (χ2v) is 6.59. The summed E-state index contributed by atoms with van der Waals surface area (Å²) in [6.07, 6.45) is 11.7. The number of nitrogens with zero attached hydrogens (tertiary/aromatic N) is 2. The third-order valence-electron chi connectivity index (χ3n) is 5.02. The lowest BCUT2D eigenvalue weighted by molar-refractivity contribution is 0.415. The molecule has 132 valence electrons. The zero-order valence-electron chi connectivity index (χ0n) is 15.2. The number of ether oxygens (including phenoxy) is 1. The van der Waals surface area contributed by atoms with Crippen molar-refractivity contribution in [3.63, 3.8) is 0 Å². The molecule has 4 nitrogen and oxygen atoms in total. The largest absolute Gasteiger partial charge is 0.497 e. The van der Waals surface area contributed by atoms with E-state index in [4.69, 9.17) is 4.74 Å². The van der Waals surface area contributed by atoms with E-state index in [0.717, 1.165) is 30.9 Å².